The van der Waals surface area contributed by atoms with Crippen LogP contribution in [-0.2, 0) is 6.42 Å². The predicted molar refractivity (Wildman–Crippen MR) is 104 cm³/mol. The Morgan fingerprint density at radius 2 is 2.07 bits per heavy atom. The summed E-state index contributed by atoms with van der Waals surface area (Å²) in [6, 6.07) is 8.73. The number of nitrogens with one attached hydrogen (secondary N) is 2. The lowest BCUT2D eigenvalue weighted by molar-refractivity contribution is 0.375. The summed E-state index contributed by atoms with van der Waals surface area (Å²) in [5.41, 5.74) is 3.17. The van der Waals surface area contributed by atoms with Gasteiger partial charge in [0.15, 0.2) is 11.5 Å². The van der Waals surface area contributed by atoms with E-state index in [0.717, 1.165) is 41.9 Å². The summed E-state index contributed by atoms with van der Waals surface area (Å²) in [6.45, 7) is 2.08. The van der Waals surface area contributed by atoms with Crippen LogP contribution in [0.1, 0.15) is 48.0 Å². The second kappa shape index (κ2) is 7.03. The van der Waals surface area contributed by atoms with Gasteiger partial charge in [-0.25, -0.2) is 9.97 Å². The molecule has 4 aromatic rings. The Morgan fingerprint density at radius 3 is 2.96 bits per heavy atom. The van der Waals surface area contributed by atoms with E-state index in [9.17, 15) is 0 Å². The van der Waals surface area contributed by atoms with Gasteiger partial charge in [-0.2, -0.15) is 10.1 Å². The minimum absolute atomic E-state index is 0.301. The highest BCUT2D eigenvalue weighted by Gasteiger charge is 2.30. The molecule has 28 heavy (non-hydrogen) atoms. The van der Waals surface area contributed by atoms with Crippen LogP contribution >= 0.6 is 0 Å². The first kappa shape index (κ1) is 16.9. The minimum Gasteiger partial charge on any atom is -0.367 e. The molecule has 1 aromatic carbocycles. The van der Waals surface area contributed by atoms with Crippen LogP contribution in [0.25, 0.3) is 11.0 Å². The second-order valence-electron chi connectivity index (χ2n) is 7.41. The van der Waals surface area contributed by atoms with Crippen molar-refractivity contribution in [3.63, 3.8) is 0 Å². The first-order valence-corrected chi connectivity index (χ1v) is 9.53. The second-order valence-corrected chi connectivity index (χ2v) is 7.41. The molecule has 1 fully saturated rings. The van der Waals surface area contributed by atoms with Crippen molar-refractivity contribution in [3.8, 4) is 0 Å². The summed E-state index contributed by atoms with van der Waals surface area (Å²) in [6.07, 6.45) is 6.98. The fourth-order valence-corrected chi connectivity index (χ4v) is 3.81. The van der Waals surface area contributed by atoms with Gasteiger partial charge in [-0.15, -0.1) is 0 Å². The fourth-order valence-electron chi connectivity index (χ4n) is 3.81. The van der Waals surface area contributed by atoms with Gasteiger partial charge in [-0.3, -0.25) is 5.10 Å². The summed E-state index contributed by atoms with van der Waals surface area (Å²) in [4.78, 5) is 13.2. The van der Waals surface area contributed by atoms with Crippen LogP contribution in [0.5, 0.6) is 0 Å². The van der Waals surface area contributed by atoms with E-state index in [1.54, 1.807) is 12.5 Å². The highest BCUT2D eigenvalue weighted by atomic mass is 16.5. The largest absolute Gasteiger partial charge is 0.367 e. The van der Waals surface area contributed by atoms with E-state index in [0.29, 0.717) is 24.3 Å². The Bertz CT molecular complexity index is 1090. The third kappa shape index (κ3) is 3.33. The molecule has 5 rings (SSSR count). The van der Waals surface area contributed by atoms with Crippen molar-refractivity contribution >= 4 is 16.9 Å². The Balaban J connectivity index is 1.24. The Labute approximate surface area is 161 Å². The van der Waals surface area contributed by atoms with E-state index in [-0.39, 0.29) is 0 Å². The first-order chi connectivity index (χ1) is 13.7. The molecule has 0 unspecified atom stereocenters. The van der Waals surface area contributed by atoms with E-state index < -0.39 is 0 Å². The van der Waals surface area contributed by atoms with Crippen LogP contribution < -0.4 is 5.32 Å². The number of aromatic nitrogens is 6. The van der Waals surface area contributed by atoms with Crippen LogP contribution in [0.4, 0.5) is 5.82 Å². The summed E-state index contributed by atoms with van der Waals surface area (Å²) >= 11 is 0. The molecule has 142 valence electrons. The molecule has 0 aliphatic heterocycles. The molecule has 3 heterocycles. The third-order valence-electron chi connectivity index (χ3n) is 5.35. The minimum atomic E-state index is 0.301. The van der Waals surface area contributed by atoms with Crippen molar-refractivity contribution in [2.45, 2.75) is 44.6 Å². The van der Waals surface area contributed by atoms with Crippen molar-refractivity contribution in [1.29, 1.82) is 0 Å². The zero-order valence-electron chi connectivity index (χ0n) is 15.6. The van der Waals surface area contributed by atoms with Crippen LogP contribution in [0.2, 0.25) is 0 Å². The van der Waals surface area contributed by atoms with Gasteiger partial charge in [0.05, 0.1) is 18.0 Å². The molecular formula is C20H21N7O. The average Bonchev–Trinajstić information content (AvgIpc) is 3.44. The number of fused-ring (bicyclic) bond motifs is 1. The number of aromatic amines is 1. The van der Waals surface area contributed by atoms with Crippen molar-refractivity contribution in [2.75, 3.05) is 5.32 Å². The lowest BCUT2D eigenvalue weighted by atomic mass is 10.1. The molecule has 0 saturated heterocycles. The Kier molecular flexibility index (Phi) is 4.23. The summed E-state index contributed by atoms with van der Waals surface area (Å²) in [5.74, 6) is 2.60. The van der Waals surface area contributed by atoms with E-state index in [1.807, 2.05) is 0 Å². The quantitative estimate of drug-likeness (QED) is 0.551. The average molecular weight is 375 g/mol. The summed E-state index contributed by atoms with van der Waals surface area (Å²) in [5, 5.41) is 15.6. The molecule has 8 nitrogen and oxygen atoms in total. The van der Waals surface area contributed by atoms with Crippen LogP contribution in [0.3, 0.4) is 0 Å². The maximum absolute atomic E-state index is 5.50. The van der Waals surface area contributed by atoms with Gasteiger partial charge in [0.25, 0.3) is 0 Å². The van der Waals surface area contributed by atoms with Gasteiger partial charge in [0, 0.05) is 12.0 Å². The smallest absolute Gasteiger partial charge is 0.231 e. The summed E-state index contributed by atoms with van der Waals surface area (Å²) in [7, 11) is 0. The standard InChI is InChI=1S/C20H21N7O/c1-12-2-4-13(5-3-12)8-17-25-18(27-28-17)14-6-7-15(9-14)24-19-16-10-23-26-20(16)22-11-21-19/h2-5,10-11,14-15H,6-9H2,1H3,(H2,21,22,23,24,26)/t14-,15-/m0/s1. The van der Waals surface area contributed by atoms with Gasteiger partial charge in [0.2, 0.25) is 5.89 Å². The van der Waals surface area contributed by atoms with Crippen LogP contribution in [0, 0.1) is 6.92 Å². The fraction of sp³-hybridized carbons (Fsp3) is 0.350. The van der Waals surface area contributed by atoms with E-state index >= 15 is 0 Å². The maximum Gasteiger partial charge on any atom is 0.231 e. The van der Waals surface area contributed by atoms with Gasteiger partial charge >= 0.3 is 0 Å². The molecule has 1 aliphatic carbocycles. The zero-order valence-corrected chi connectivity index (χ0v) is 15.6. The molecule has 2 N–H and O–H groups in total. The maximum atomic E-state index is 5.50. The van der Waals surface area contributed by atoms with Crippen molar-refractivity contribution in [2.24, 2.45) is 0 Å². The molecule has 3 aromatic heterocycles. The van der Waals surface area contributed by atoms with E-state index in [1.165, 1.54) is 11.1 Å². The topological polar surface area (TPSA) is 105 Å². The van der Waals surface area contributed by atoms with Crippen LogP contribution in [0.15, 0.2) is 41.3 Å². The number of anilines is 1. The van der Waals surface area contributed by atoms with Gasteiger partial charge in [-0.1, -0.05) is 35.0 Å². The highest BCUT2D eigenvalue weighted by Crippen LogP contribution is 2.35. The first-order valence-electron chi connectivity index (χ1n) is 9.53. The normalized spacial score (nSPS) is 19.3. The molecule has 8 heteroatoms. The molecule has 0 spiro atoms. The third-order valence-corrected chi connectivity index (χ3v) is 5.35. The number of hydrogen-bond donors (Lipinski definition) is 2. The monoisotopic (exact) mass is 375 g/mol. The number of hydrogen-bond acceptors (Lipinski definition) is 7. The molecule has 0 bridgehead atoms. The lowest BCUT2D eigenvalue weighted by Gasteiger charge is -2.13. The van der Waals surface area contributed by atoms with Crippen molar-refractivity contribution in [1.82, 2.24) is 30.3 Å². The molecule has 0 amide bonds. The number of H-pyrrole nitrogens is 1. The molecule has 0 radical (unpaired) electrons. The number of nitrogens with zero attached hydrogens (tertiary/aromatic N) is 5. The van der Waals surface area contributed by atoms with Gasteiger partial charge in [0.1, 0.15) is 12.1 Å². The van der Waals surface area contributed by atoms with Crippen molar-refractivity contribution < 1.29 is 4.52 Å². The SMILES string of the molecule is Cc1ccc(Cc2nc([C@H]3CC[C@H](Nc4ncnc5[nH]ncc45)C3)no2)cc1. The lowest BCUT2D eigenvalue weighted by Crippen LogP contribution is -2.16. The predicted octanol–water partition coefficient (Wildman–Crippen LogP) is 3.38. The number of rotatable bonds is 5. The van der Waals surface area contributed by atoms with Gasteiger partial charge in [-0.05, 0) is 31.7 Å². The van der Waals surface area contributed by atoms with E-state index in [2.05, 4.69) is 66.8 Å². The van der Waals surface area contributed by atoms with Gasteiger partial charge < -0.3 is 9.84 Å². The zero-order chi connectivity index (χ0) is 18.9. The molecule has 1 saturated carbocycles. The number of aryl methyl sites for hydroxylation is 1. The molecule has 1 aliphatic rings. The van der Waals surface area contributed by atoms with Crippen molar-refractivity contribution in [3.05, 3.63) is 59.6 Å². The molecular weight excluding hydrogens is 354 g/mol. The number of benzene rings is 1. The van der Waals surface area contributed by atoms with E-state index in [4.69, 9.17) is 4.52 Å². The van der Waals surface area contributed by atoms with Crippen LogP contribution in [-0.4, -0.2) is 36.3 Å². The highest BCUT2D eigenvalue weighted by molar-refractivity contribution is 5.85. The molecule has 2 atom stereocenters. The summed E-state index contributed by atoms with van der Waals surface area (Å²) < 4.78 is 5.50. The Hall–Kier alpha value is -3.29. The Morgan fingerprint density at radius 1 is 1.18 bits per heavy atom.